The second kappa shape index (κ2) is 7.34. The minimum atomic E-state index is -0.250. The largest absolute Gasteiger partial charge is 0.397 e. The molecule has 118 valence electrons. The fraction of sp³-hybridized carbons (Fsp3) is 0.588. The molecule has 0 radical (unpaired) electrons. The summed E-state index contributed by atoms with van der Waals surface area (Å²) in [5, 5.41) is 3.11. The number of nitrogens with two attached hydrogens (primary N) is 1. The molecule has 4 nitrogen and oxygen atoms in total. The number of para-hydroxylation sites is 2. The first-order chi connectivity index (χ1) is 9.82. The summed E-state index contributed by atoms with van der Waals surface area (Å²) in [6, 6.07) is 7.46. The van der Waals surface area contributed by atoms with Crippen LogP contribution in [0.2, 0.25) is 0 Å². The lowest BCUT2D eigenvalue weighted by molar-refractivity contribution is -0.123. The molecule has 0 bridgehead atoms. The maximum atomic E-state index is 12.5. The summed E-state index contributed by atoms with van der Waals surface area (Å²) in [6.07, 6.45) is 1.86. The van der Waals surface area contributed by atoms with Gasteiger partial charge in [0.25, 0.3) is 0 Å². The summed E-state index contributed by atoms with van der Waals surface area (Å²) in [5.41, 5.74) is 7.52. The predicted octanol–water partition coefficient (Wildman–Crippen LogP) is 3.18. The fourth-order valence-electron chi connectivity index (χ4n) is 2.18. The van der Waals surface area contributed by atoms with Crippen LogP contribution < -0.4 is 16.0 Å². The van der Waals surface area contributed by atoms with Gasteiger partial charge in [-0.3, -0.25) is 4.79 Å². The van der Waals surface area contributed by atoms with Crippen LogP contribution in [0.3, 0.4) is 0 Å². The molecule has 1 unspecified atom stereocenters. The van der Waals surface area contributed by atoms with Crippen LogP contribution in [0.15, 0.2) is 24.3 Å². The molecule has 0 saturated carbocycles. The van der Waals surface area contributed by atoms with Crippen molar-refractivity contribution >= 4 is 17.3 Å². The molecular weight excluding hydrogens is 262 g/mol. The SMILES string of the molecule is CCCN(c1ccccc1N)C(C)C(=O)NC(C)(C)CC. The zero-order valence-corrected chi connectivity index (χ0v) is 13.9. The van der Waals surface area contributed by atoms with E-state index in [1.165, 1.54) is 0 Å². The first kappa shape index (κ1) is 17.3. The summed E-state index contributed by atoms with van der Waals surface area (Å²) in [5.74, 6) is 0.0403. The Morgan fingerprint density at radius 1 is 1.33 bits per heavy atom. The molecule has 1 rings (SSSR count). The second-order valence-electron chi connectivity index (χ2n) is 6.15. The van der Waals surface area contributed by atoms with E-state index in [1.54, 1.807) is 0 Å². The van der Waals surface area contributed by atoms with Crippen molar-refractivity contribution in [3.05, 3.63) is 24.3 Å². The van der Waals surface area contributed by atoms with E-state index in [9.17, 15) is 4.79 Å². The van der Waals surface area contributed by atoms with Crippen LogP contribution in [-0.4, -0.2) is 24.0 Å². The third-order valence-corrected chi connectivity index (χ3v) is 3.90. The number of amides is 1. The number of nitrogen functional groups attached to an aromatic ring is 1. The number of anilines is 2. The smallest absolute Gasteiger partial charge is 0.242 e. The van der Waals surface area contributed by atoms with E-state index >= 15 is 0 Å². The highest BCUT2D eigenvalue weighted by molar-refractivity contribution is 5.86. The molecule has 0 aliphatic carbocycles. The standard InChI is InChI=1S/C17H29N3O/c1-6-12-20(15-11-9-8-10-14(15)18)13(3)16(21)19-17(4,5)7-2/h8-11,13H,6-7,12,18H2,1-5H3,(H,19,21). The van der Waals surface area contributed by atoms with Crippen LogP contribution in [0.1, 0.15) is 47.5 Å². The quantitative estimate of drug-likeness (QED) is 0.759. The molecule has 1 atom stereocenters. The van der Waals surface area contributed by atoms with E-state index in [4.69, 9.17) is 5.73 Å². The fourth-order valence-corrected chi connectivity index (χ4v) is 2.18. The van der Waals surface area contributed by atoms with E-state index in [2.05, 4.69) is 24.1 Å². The number of carbonyl (C=O) groups excluding carboxylic acids is 1. The molecule has 4 heteroatoms. The Hall–Kier alpha value is -1.71. The summed E-state index contributed by atoms with van der Waals surface area (Å²) in [4.78, 5) is 14.6. The van der Waals surface area contributed by atoms with E-state index in [0.717, 1.165) is 25.1 Å². The van der Waals surface area contributed by atoms with Gasteiger partial charge >= 0.3 is 0 Å². The lowest BCUT2D eigenvalue weighted by Crippen LogP contribution is -2.52. The van der Waals surface area contributed by atoms with Gasteiger partial charge in [0.2, 0.25) is 5.91 Å². The van der Waals surface area contributed by atoms with E-state index < -0.39 is 0 Å². The summed E-state index contributed by atoms with van der Waals surface area (Å²) >= 11 is 0. The first-order valence-corrected chi connectivity index (χ1v) is 7.75. The molecule has 1 aromatic rings. The van der Waals surface area contributed by atoms with Crippen molar-refractivity contribution < 1.29 is 4.79 Å². The number of rotatable bonds is 7. The Morgan fingerprint density at radius 2 is 1.95 bits per heavy atom. The number of carbonyl (C=O) groups is 1. The Bertz CT molecular complexity index is 471. The van der Waals surface area contributed by atoms with Gasteiger partial charge in [-0.25, -0.2) is 0 Å². The average Bonchev–Trinajstić information content (AvgIpc) is 2.44. The summed E-state index contributed by atoms with van der Waals surface area (Å²) < 4.78 is 0. The minimum absolute atomic E-state index is 0.0403. The van der Waals surface area contributed by atoms with Gasteiger partial charge in [0.05, 0.1) is 11.4 Å². The summed E-state index contributed by atoms with van der Waals surface area (Å²) in [7, 11) is 0. The molecule has 1 amide bonds. The van der Waals surface area contributed by atoms with Crippen molar-refractivity contribution in [2.75, 3.05) is 17.2 Å². The molecule has 0 aliphatic rings. The topological polar surface area (TPSA) is 58.4 Å². The lowest BCUT2D eigenvalue weighted by Gasteiger charge is -2.34. The molecular formula is C17H29N3O. The highest BCUT2D eigenvalue weighted by Gasteiger charge is 2.26. The molecule has 0 saturated heterocycles. The average molecular weight is 291 g/mol. The van der Waals surface area contributed by atoms with Gasteiger partial charge in [0.15, 0.2) is 0 Å². The molecule has 0 heterocycles. The second-order valence-corrected chi connectivity index (χ2v) is 6.15. The van der Waals surface area contributed by atoms with Gasteiger partial charge in [-0.15, -0.1) is 0 Å². The van der Waals surface area contributed by atoms with Crippen molar-refractivity contribution in [1.29, 1.82) is 0 Å². The number of nitrogens with zero attached hydrogens (tertiary/aromatic N) is 1. The Kier molecular flexibility index (Phi) is 6.06. The minimum Gasteiger partial charge on any atom is -0.397 e. The molecule has 0 aromatic heterocycles. The third-order valence-electron chi connectivity index (χ3n) is 3.90. The van der Waals surface area contributed by atoms with Crippen molar-refractivity contribution in [2.24, 2.45) is 0 Å². The number of benzene rings is 1. The zero-order chi connectivity index (χ0) is 16.0. The van der Waals surface area contributed by atoms with Gasteiger partial charge in [0.1, 0.15) is 6.04 Å². The molecule has 3 N–H and O–H groups in total. The molecule has 1 aromatic carbocycles. The van der Waals surface area contributed by atoms with Gasteiger partial charge in [-0.1, -0.05) is 26.0 Å². The number of hydrogen-bond donors (Lipinski definition) is 2. The predicted molar refractivity (Wildman–Crippen MR) is 90.5 cm³/mol. The molecule has 0 aliphatic heterocycles. The van der Waals surface area contributed by atoms with Crippen molar-refractivity contribution in [2.45, 2.75) is 59.0 Å². The van der Waals surface area contributed by atoms with E-state index in [0.29, 0.717) is 5.69 Å². The van der Waals surface area contributed by atoms with Gasteiger partial charge < -0.3 is 16.0 Å². The van der Waals surface area contributed by atoms with Gasteiger partial charge in [-0.05, 0) is 45.7 Å². The van der Waals surface area contributed by atoms with Crippen LogP contribution in [0, 0.1) is 0 Å². The van der Waals surface area contributed by atoms with Crippen LogP contribution in [0.4, 0.5) is 11.4 Å². The highest BCUT2D eigenvalue weighted by Crippen LogP contribution is 2.25. The normalized spacial score (nSPS) is 12.8. The molecule has 0 spiro atoms. The molecule has 0 fully saturated rings. The van der Waals surface area contributed by atoms with Gasteiger partial charge in [-0.2, -0.15) is 0 Å². The number of nitrogens with one attached hydrogen (secondary N) is 1. The maximum absolute atomic E-state index is 12.5. The zero-order valence-electron chi connectivity index (χ0n) is 13.9. The molecule has 21 heavy (non-hydrogen) atoms. The van der Waals surface area contributed by atoms with Crippen LogP contribution in [0.25, 0.3) is 0 Å². The lowest BCUT2D eigenvalue weighted by atomic mass is 10.0. The third kappa shape index (κ3) is 4.66. The Balaban J connectivity index is 2.95. The monoisotopic (exact) mass is 291 g/mol. The van der Waals surface area contributed by atoms with E-state index in [-0.39, 0.29) is 17.5 Å². The van der Waals surface area contributed by atoms with Crippen molar-refractivity contribution in [3.8, 4) is 0 Å². The Morgan fingerprint density at radius 3 is 2.48 bits per heavy atom. The summed E-state index contributed by atoms with van der Waals surface area (Å²) in [6.45, 7) is 11.0. The highest BCUT2D eigenvalue weighted by atomic mass is 16.2. The Labute approximate surface area is 128 Å². The maximum Gasteiger partial charge on any atom is 0.242 e. The van der Waals surface area contributed by atoms with Crippen molar-refractivity contribution in [3.63, 3.8) is 0 Å². The van der Waals surface area contributed by atoms with E-state index in [1.807, 2.05) is 45.0 Å². The van der Waals surface area contributed by atoms with Crippen LogP contribution >= 0.6 is 0 Å². The first-order valence-electron chi connectivity index (χ1n) is 7.75. The number of hydrogen-bond acceptors (Lipinski definition) is 3. The van der Waals surface area contributed by atoms with Gasteiger partial charge in [0, 0.05) is 12.1 Å². The van der Waals surface area contributed by atoms with Crippen molar-refractivity contribution in [1.82, 2.24) is 5.32 Å². The van der Waals surface area contributed by atoms with Crippen LogP contribution in [0.5, 0.6) is 0 Å². The van der Waals surface area contributed by atoms with Crippen LogP contribution in [-0.2, 0) is 4.79 Å².